The Labute approximate surface area is 125 Å². The summed E-state index contributed by atoms with van der Waals surface area (Å²) in [5.41, 5.74) is 0.798. The number of carbonyl (C=O) groups is 1. The summed E-state index contributed by atoms with van der Waals surface area (Å²) in [5, 5.41) is 14.5. The summed E-state index contributed by atoms with van der Waals surface area (Å²) >= 11 is 0. The minimum absolute atomic E-state index is 0. The Kier molecular flexibility index (Phi) is 7.01. The van der Waals surface area contributed by atoms with Crippen LogP contribution in [-0.4, -0.2) is 23.4 Å². The second kappa shape index (κ2) is 8.53. The molecule has 1 heterocycles. The van der Waals surface area contributed by atoms with Gasteiger partial charge in [-0.3, -0.25) is 4.79 Å². The second-order valence-corrected chi connectivity index (χ2v) is 4.95. The van der Waals surface area contributed by atoms with Crippen LogP contribution in [0.1, 0.15) is 37.7 Å². The lowest BCUT2D eigenvalue weighted by Crippen LogP contribution is -3.00. The fourth-order valence-electron chi connectivity index (χ4n) is 2.41. The summed E-state index contributed by atoms with van der Waals surface area (Å²) in [6.07, 6.45) is 10.9. The number of halogens is 1. The molecule has 1 saturated carbocycles. The SMILES string of the molecule is O=C(C[n+]1ccc(/C=N/O)cc1)NC1CCCCC1.[Cl-]. The molecule has 0 spiro atoms. The van der Waals surface area contributed by atoms with Crippen molar-refractivity contribution in [1.82, 2.24) is 5.32 Å². The Hall–Kier alpha value is -1.62. The van der Waals surface area contributed by atoms with Crippen LogP contribution in [0.2, 0.25) is 0 Å². The number of hydrogen-bond donors (Lipinski definition) is 2. The molecule has 1 aromatic heterocycles. The van der Waals surface area contributed by atoms with Crippen LogP contribution in [0.4, 0.5) is 0 Å². The molecule has 0 aliphatic heterocycles. The standard InChI is InChI=1S/C14H19N3O2.ClH/c18-14(16-13-4-2-1-3-5-13)11-17-8-6-12(7-9-17)10-15-19;/h6-10,13H,1-5,11H2,(H,16,18);1H. The fraction of sp³-hybridized carbons (Fsp3) is 0.500. The average Bonchev–Trinajstić information content (AvgIpc) is 2.42. The van der Waals surface area contributed by atoms with E-state index in [-0.39, 0.29) is 18.3 Å². The van der Waals surface area contributed by atoms with Crippen molar-refractivity contribution in [2.45, 2.75) is 44.7 Å². The minimum Gasteiger partial charge on any atom is -1.00 e. The molecule has 1 aliphatic rings. The highest BCUT2D eigenvalue weighted by Gasteiger charge is 2.17. The Bertz CT molecular complexity index is 442. The third kappa shape index (κ3) is 5.17. The van der Waals surface area contributed by atoms with Crippen molar-refractivity contribution in [3.63, 3.8) is 0 Å². The molecule has 1 fully saturated rings. The second-order valence-electron chi connectivity index (χ2n) is 4.95. The van der Waals surface area contributed by atoms with Crippen LogP contribution in [0, 0.1) is 0 Å². The summed E-state index contributed by atoms with van der Waals surface area (Å²) < 4.78 is 1.81. The molecule has 0 bridgehead atoms. The lowest BCUT2D eigenvalue weighted by atomic mass is 9.95. The monoisotopic (exact) mass is 297 g/mol. The van der Waals surface area contributed by atoms with Gasteiger partial charge in [0.25, 0.3) is 5.91 Å². The first-order valence-electron chi connectivity index (χ1n) is 6.74. The molecule has 2 rings (SSSR count). The molecule has 5 nitrogen and oxygen atoms in total. The zero-order valence-corrected chi connectivity index (χ0v) is 12.1. The molecule has 0 unspecified atom stereocenters. The number of rotatable bonds is 4. The molecule has 0 saturated heterocycles. The number of amides is 1. The van der Waals surface area contributed by atoms with Crippen LogP contribution in [-0.2, 0) is 11.3 Å². The van der Waals surface area contributed by atoms with Crippen LogP contribution >= 0.6 is 0 Å². The van der Waals surface area contributed by atoms with E-state index in [0.717, 1.165) is 18.4 Å². The zero-order valence-electron chi connectivity index (χ0n) is 11.3. The van der Waals surface area contributed by atoms with Crippen LogP contribution in [0.5, 0.6) is 0 Å². The van der Waals surface area contributed by atoms with Gasteiger partial charge in [0.2, 0.25) is 6.54 Å². The van der Waals surface area contributed by atoms with E-state index in [4.69, 9.17) is 5.21 Å². The van der Waals surface area contributed by atoms with Gasteiger partial charge >= 0.3 is 0 Å². The van der Waals surface area contributed by atoms with E-state index in [9.17, 15) is 4.79 Å². The summed E-state index contributed by atoms with van der Waals surface area (Å²) in [6.45, 7) is 0.326. The van der Waals surface area contributed by atoms with Crippen molar-refractivity contribution in [2.24, 2.45) is 5.16 Å². The van der Waals surface area contributed by atoms with Gasteiger partial charge in [-0.15, -0.1) is 0 Å². The van der Waals surface area contributed by atoms with E-state index in [0.29, 0.717) is 12.6 Å². The summed E-state index contributed by atoms with van der Waals surface area (Å²) in [5.74, 6) is 0.0560. The molecule has 110 valence electrons. The summed E-state index contributed by atoms with van der Waals surface area (Å²) in [6, 6.07) is 3.95. The van der Waals surface area contributed by atoms with E-state index in [2.05, 4.69) is 10.5 Å². The highest BCUT2D eigenvalue weighted by atomic mass is 35.5. The Morgan fingerprint density at radius 1 is 1.35 bits per heavy atom. The first-order valence-corrected chi connectivity index (χ1v) is 6.74. The Morgan fingerprint density at radius 3 is 2.60 bits per heavy atom. The quantitative estimate of drug-likeness (QED) is 0.299. The van der Waals surface area contributed by atoms with Crippen LogP contribution in [0.3, 0.4) is 0 Å². The number of nitrogens with zero attached hydrogens (tertiary/aromatic N) is 2. The topological polar surface area (TPSA) is 65.6 Å². The molecule has 0 radical (unpaired) electrons. The van der Waals surface area contributed by atoms with Crippen molar-refractivity contribution in [3.8, 4) is 0 Å². The summed E-state index contributed by atoms with van der Waals surface area (Å²) in [4.78, 5) is 11.9. The third-order valence-corrected chi connectivity index (χ3v) is 3.42. The van der Waals surface area contributed by atoms with Gasteiger partial charge in [-0.2, -0.15) is 4.57 Å². The van der Waals surface area contributed by atoms with Gasteiger partial charge in [-0.05, 0) is 12.8 Å². The molecule has 1 aromatic rings. The first kappa shape index (κ1) is 16.4. The van der Waals surface area contributed by atoms with Crippen molar-refractivity contribution < 1.29 is 27.0 Å². The molecule has 2 N–H and O–H groups in total. The average molecular weight is 298 g/mol. The van der Waals surface area contributed by atoms with Gasteiger partial charge < -0.3 is 22.9 Å². The number of nitrogens with one attached hydrogen (secondary N) is 1. The Morgan fingerprint density at radius 2 is 2.00 bits per heavy atom. The first-order chi connectivity index (χ1) is 9.28. The van der Waals surface area contributed by atoms with Crippen LogP contribution in [0.15, 0.2) is 29.7 Å². The normalized spacial score (nSPS) is 15.8. The zero-order chi connectivity index (χ0) is 13.5. The summed E-state index contributed by atoms with van der Waals surface area (Å²) in [7, 11) is 0. The van der Waals surface area contributed by atoms with Crippen molar-refractivity contribution >= 4 is 12.1 Å². The number of aromatic nitrogens is 1. The molecule has 1 aliphatic carbocycles. The highest BCUT2D eigenvalue weighted by molar-refractivity contribution is 5.78. The van der Waals surface area contributed by atoms with E-state index in [1.54, 1.807) is 24.5 Å². The van der Waals surface area contributed by atoms with Gasteiger partial charge in [0.1, 0.15) is 0 Å². The van der Waals surface area contributed by atoms with Gasteiger partial charge in [-0.25, -0.2) is 0 Å². The molecule has 1 amide bonds. The fourth-order valence-corrected chi connectivity index (χ4v) is 2.41. The number of carbonyl (C=O) groups excluding carboxylic acids is 1. The van der Waals surface area contributed by atoms with E-state index >= 15 is 0 Å². The smallest absolute Gasteiger partial charge is 0.286 e. The largest absolute Gasteiger partial charge is 1.00 e. The van der Waals surface area contributed by atoms with Crippen molar-refractivity contribution in [2.75, 3.05) is 0 Å². The van der Waals surface area contributed by atoms with E-state index in [1.807, 2.05) is 4.57 Å². The van der Waals surface area contributed by atoms with Crippen LogP contribution in [0.25, 0.3) is 0 Å². The molecule has 20 heavy (non-hydrogen) atoms. The predicted molar refractivity (Wildman–Crippen MR) is 71.0 cm³/mol. The van der Waals surface area contributed by atoms with Gasteiger partial charge in [0.15, 0.2) is 12.4 Å². The van der Waals surface area contributed by atoms with Crippen molar-refractivity contribution in [3.05, 3.63) is 30.1 Å². The predicted octanol–water partition coefficient (Wildman–Crippen LogP) is -1.76. The van der Waals surface area contributed by atoms with Crippen LogP contribution < -0.4 is 22.3 Å². The lowest BCUT2D eigenvalue weighted by Gasteiger charge is -2.21. The van der Waals surface area contributed by atoms with Crippen molar-refractivity contribution in [1.29, 1.82) is 0 Å². The molecule has 0 aromatic carbocycles. The van der Waals surface area contributed by atoms with E-state index in [1.165, 1.54) is 25.5 Å². The molecule has 6 heteroatoms. The maximum atomic E-state index is 11.9. The molecular formula is C14H20ClN3O2. The maximum Gasteiger partial charge on any atom is 0.286 e. The highest BCUT2D eigenvalue weighted by Crippen LogP contribution is 2.17. The van der Waals surface area contributed by atoms with Gasteiger partial charge in [0.05, 0.1) is 6.21 Å². The lowest BCUT2D eigenvalue weighted by molar-refractivity contribution is -0.684. The number of pyridine rings is 1. The number of hydrogen-bond acceptors (Lipinski definition) is 3. The number of oxime groups is 1. The molecular weight excluding hydrogens is 278 g/mol. The maximum absolute atomic E-state index is 11.9. The molecule has 0 atom stereocenters. The minimum atomic E-state index is 0. The third-order valence-electron chi connectivity index (χ3n) is 3.42. The van der Waals surface area contributed by atoms with Gasteiger partial charge in [0, 0.05) is 23.7 Å². The Balaban J connectivity index is 0.00000200. The van der Waals surface area contributed by atoms with Gasteiger partial charge in [-0.1, -0.05) is 24.4 Å². The van der Waals surface area contributed by atoms with E-state index < -0.39 is 0 Å².